The van der Waals surface area contributed by atoms with Crippen molar-refractivity contribution in [2.45, 2.75) is 39.3 Å². The summed E-state index contributed by atoms with van der Waals surface area (Å²) >= 11 is 6.13. The van der Waals surface area contributed by atoms with Crippen molar-refractivity contribution in [2.24, 2.45) is 0 Å². The summed E-state index contributed by atoms with van der Waals surface area (Å²) < 4.78 is 15.2. The molecule has 0 fully saturated rings. The summed E-state index contributed by atoms with van der Waals surface area (Å²) in [5.74, 6) is -0.309. The molecule has 0 aliphatic carbocycles. The van der Waals surface area contributed by atoms with Gasteiger partial charge in [0.1, 0.15) is 5.82 Å². The first-order valence-electron chi connectivity index (χ1n) is 7.26. The van der Waals surface area contributed by atoms with Gasteiger partial charge in [0.2, 0.25) is 0 Å². The Balaban J connectivity index is 2.29. The predicted octanol–water partition coefficient (Wildman–Crippen LogP) is 3.76. The molecule has 1 heterocycles. The maximum absolute atomic E-state index is 13.1. The van der Waals surface area contributed by atoms with Crippen LogP contribution in [0.4, 0.5) is 4.39 Å². The lowest BCUT2D eigenvalue weighted by Crippen LogP contribution is -2.22. The zero-order chi connectivity index (χ0) is 15.4. The second kappa shape index (κ2) is 7.05. The standard InChI is InChI=1S/C16H21ClFN3/c1-4-13-10-16(21(5-2)20-13)15(19-3)8-11-6-7-12(18)9-14(11)17/h6-7,9-10,15,19H,4-5,8H2,1-3H3. The van der Waals surface area contributed by atoms with Gasteiger partial charge in [-0.15, -0.1) is 0 Å². The third-order valence-electron chi connectivity index (χ3n) is 3.67. The van der Waals surface area contributed by atoms with Crippen molar-refractivity contribution in [1.29, 1.82) is 0 Å². The van der Waals surface area contributed by atoms with E-state index in [0.717, 1.165) is 29.9 Å². The van der Waals surface area contributed by atoms with Crippen LogP contribution in [0.1, 0.15) is 36.8 Å². The van der Waals surface area contributed by atoms with Crippen LogP contribution >= 0.6 is 11.6 Å². The fourth-order valence-corrected chi connectivity index (χ4v) is 2.70. The highest BCUT2D eigenvalue weighted by Gasteiger charge is 2.18. The van der Waals surface area contributed by atoms with Crippen molar-refractivity contribution >= 4 is 11.6 Å². The Bertz CT molecular complexity index is 610. The minimum absolute atomic E-state index is 0.0979. The number of rotatable bonds is 6. The third kappa shape index (κ3) is 3.63. The summed E-state index contributed by atoms with van der Waals surface area (Å²) in [4.78, 5) is 0. The van der Waals surface area contributed by atoms with Gasteiger partial charge in [0, 0.05) is 11.6 Å². The number of nitrogens with one attached hydrogen (secondary N) is 1. The lowest BCUT2D eigenvalue weighted by molar-refractivity contribution is 0.511. The molecule has 114 valence electrons. The fraction of sp³-hybridized carbons (Fsp3) is 0.438. The Labute approximate surface area is 130 Å². The Morgan fingerprint density at radius 1 is 1.33 bits per heavy atom. The lowest BCUT2D eigenvalue weighted by Gasteiger charge is -2.18. The molecule has 0 aliphatic heterocycles. The van der Waals surface area contributed by atoms with Crippen LogP contribution < -0.4 is 5.32 Å². The summed E-state index contributed by atoms with van der Waals surface area (Å²) in [5.41, 5.74) is 3.15. The van der Waals surface area contributed by atoms with Crippen LogP contribution in [-0.4, -0.2) is 16.8 Å². The fourth-order valence-electron chi connectivity index (χ4n) is 2.46. The number of hydrogen-bond acceptors (Lipinski definition) is 2. The van der Waals surface area contributed by atoms with Gasteiger partial charge in [-0.1, -0.05) is 24.6 Å². The van der Waals surface area contributed by atoms with Gasteiger partial charge in [-0.25, -0.2) is 4.39 Å². The van der Waals surface area contributed by atoms with E-state index in [0.29, 0.717) is 11.4 Å². The van der Waals surface area contributed by atoms with Crippen LogP contribution in [0.2, 0.25) is 5.02 Å². The Morgan fingerprint density at radius 3 is 2.67 bits per heavy atom. The van der Waals surface area contributed by atoms with E-state index in [4.69, 9.17) is 11.6 Å². The average molecular weight is 310 g/mol. The molecule has 1 N–H and O–H groups in total. The molecule has 21 heavy (non-hydrogen) atoms. The van der Waals surface area contributed by atoms with Gasteiger partial charge in [-0.3, -0.25) is 4.68 Å². The number of benzene rings is 1. The van der Waals surface area contributed by atoms with E-state index in [1.807, 2.05) is 11.7 Å². The number of aromatic nitrogens is 2. The molecule has 3 nitrogen and oxygen atoms in total. The molecule has 5 heteroatoms. The first-order valence-corrected chi connectivity index (χ1v) is 7.64. The minimum atomic E-state index is -0.309. The molecule has 1 aromatic heterocycles. The second-order valence-electron chi connectivity index (χ2n) is 5.01. The number of halogens is 2. The van der Waals surface area contributed by atoms with Crippen LogP contribution in [0, 0.1) is 5.82 Å². The van der Waals surface area contributed by atoms with Crippen molar-refractivity contribution in [2.75, 3.05) is 7.05 Å². The van der Waals surface area contributed by atoms with Gasteiger partial charge >= 0.3 is 0 Å². The van der Waals surface area contributed by atoms with Gasteiger partial charge in [0.25, 0.3) is 0 Å². The number of nitrogens with zero attached hydrogens (tertiary/aromatic N) is 2. The number of aryl methyl sites for hydroxylation is 2. The van der Waals surface area contributed by atoms with E-state index in [1.165, 1.54) is 12.1 Å². The normalized spacial score (nSPS) is 12.6. The maximum atomic E-state index is 13.1. The molecule has 1 unspecified atom stereocenters. The Hall–Kier alpha value is -1.39. The topological polar surface area (TPSA) is 29.9 Å². The van der Waals surface area contributed by atoms with E-state index in [-0.39, 0.29) is 11.9 Å². The molecule has 0 bridgehead atoms. The molecule has 1 aromatic carbocycles. The predicted molar refractivity (Wildman–Crippen MR) is 84.2 cm³/mol. The largest absolute Gasteiger partial charge is 0.311 e. The molecular weight excluding hydrogens is 289 g/mol. The molecule has 0 saturated heterocycles. The summed E-state index contributed by atoms with van der Waals surface area (Å²) in [5, 5.41) is 8.35. The number of likely N-dealkylation sites (N-methyl/N-ethyl adjacent to an activating group) is 1. The van der Waals surface area contributed by atoms with E-state index in [1.54, 1.807) is 6.07 Å². The molecule has 0 saturated carbocycles. The van der Waals surface area contributed by atoms with Gasteiger partial charge in [-0.05, 0) is 50.6 Å². The van der Waals surface area contributed by atoms with Gasteiger partial charge < -0.3 is 5.32 Å². The monoisotopic (exact) mass is 309 g/mol. The minimum Gasteiger partial charge on any atom is -0.311 e. The van der Waals surface area contributed by atoms with Gasteiger partial charge in [-0.2, -0.15) is 5.10 Å². The van der Waals surface area contributed by atoms with Crippen molar-refractivity contribution in [1.82, 2.24) is 15.1 Å². The average Bonchev–Trinajstić information content (AvgIpc) is 2.90. The molecule has 0 amide bonds. The first-order chi connectivity index (χ1) is 10.1. The van der Waals surface area contributed by atoms with Crippen LogP contribution in [0.15, 0.2) is 24.3 Å². The van der Waals surface area contributed by atoms with Crippen molar-refractivity contribution in [3.05, 3.63) is 52.1 Å². The van der Waals surface area contributed by atoms with Crippen LogP contribution in [0.25, 0.3) is 0 Å². The van der Waals surface area contributed by atoms with Crippen LogP contribution in [-0.2, 0) is 19.4 Å². The maximum Gasteiger partial charge on any atom is 0.124 e. The second-order valence-corrected chi connectivity index (χ2v) is 5.42. The lowest BCUT2D eigenvalue weighted by atomic mass is 10.0. The van der Waals surface area contributed by atoms with E-state index < -0.39 is 0 Å². The zero-order valence-electron chi connectivity index (χ0n) is 12.7. The van der Waals surface area contributed by atoms with E-state index in [9.17, 15) is 4.39 Å². The highest BCUT2D eigenvalue weighted by Crippen LogP contribution is 2.25. The molecule has 0 aliphatic rings. The summed E-state index contributed by atoms with van der Waals surface area (Å²) in [6.07, 6.45) is 1.61. The molecule has 2 rings (SSSR count). The molecule has 0 spiro atoms. The third-order valence-corrected chi connectivity index (χ3v) is 4.02. The van der Waals surface area contributed by atoms with Crippen LogP contribution in [0.3, 0.4) is 0 Å². The molecule has 1 atom stereocenters. The van der Waals surface area contributed by atoms with E-state index >= 15 is 0 Å². The number of hydrogen-bond donors (Lipinski definition) is 1. The highest BCUT2D eigenvalue weighted by atomic mass is 35.5. The van der Waals surface area contributed by atoms with Crippen molar-refractivity contribution in [3.63, 3.8) is 0 Å². The van der Waals surface area contributed by atoms with Crippen molar-refractivity contribution in [3.8, 4) is 0 Å². The SMILES string of the molecule is CCc1cc(C(Cc2ccc(F)cc2Cl)NC)n(CC)n1. The summed E-state index contributed by atoms with van der Waals surface area (Å²) in [6.45, 7) is 5.00. The summed E-state index contributed by atoms with van der Waals surface area (Å²) in [6, 6.07) is 6.78. The molecular formula is C16H21ClFN3. The smallest absolute Gasteiger partial charge is 0.124 e. The Morgan fingerprint density at radius 2 is 2.10 bits per heavy atom. The Kier molecular flexibility index (Phi) is 5.37. The van der Waals surface area contributed by atoms with E-state index in [2.05, 4.69) is 30.3 Å². The van der Waals surface area contributed by atoms with Crippen LogP contribution in [0.5, 0.6) is 0 Å². The first kappa shape index (κ1) is 16.0. The summed E-state index contributed by atoms with van der Waals surface area (Å²) in [7, 11) is 1.92. The van der Waals surface area contributed by atoms with Gasteiger partial charge in [0.15, 0.2) is 0 Å². The van der Waals surface area contributed by atoms with Crippen molar-refractivity contribution < 1.29 is 4.39 Å². The van der Waals surface area contributed by atoms with Gasteiger partial charge in [0.05, 0.1) is 17.4 Å². The quantitative estimate of drug-likeness (QED) is 0.880. The zero-order valence-corrected chi connectivity index (χ0v) is 13.4. The highest BCUT2D eigenvalue weighted by molar-refractivity contribution is 6.31. The molecule has 0 radical (unpaired) electrons. The molecule has 2 aromatic rings.